The zero-order valence-corrected chi connectivity index (χ0v) is 10.6. The van der Waals surface area contributed by atoms with E-state index in [1.165, 1.54) is 32.4 Å². The fourth-order valence-electron chi connectivity index (χ4n) is 1.28. The van der Waals surface area contributed by atoms with Crippen LogP contribution in [-0.2, 0) is 14.8 Å². The average molecular weight is 258 g/mol. The Morgan fingerprint density at radius 3 is 2.47 bits per heavy atom. The van der Waals surface area contributed by atoms with Crippen molar-refractivity contribution in [1.29, 1.82) is 0 Å². The third-order valence-corrected chi connectivity index (χ3v) is 3.45. The second kappa shape index (κ2) is 4.62. The lowest BCUT2D eigenvalue weighted by molar-refractivity contribution is 0.0601. The minimum Gasteiger partial charge on any atom is -0.465 e. The van der Waals surface area contributed by atoms with Gasteiger partial charge in [-0.2, -0.15) is 0 Å². The number of anilines is 2. The molecule has 0 amide bonds. The topological polar surface area (TPSA) is 89.7 Å². The molecule has 0 aliphatic carbocycles. The summed E-state index contributed by atoms with van der Waals surface area (Å²) in [7, 11) is -0.876. The first kappa shape index (κ1) is 13.3. The molecule has 0 aliphatic rings. The van der Waals surface area contributed by atoms with Crippen molar-refractivity contribution in [1.82, 2.24) is 0 Å². The van der Waals surface area contributed by atoms with Crippen LogP contribution >= 0.6 is 0 Å². The molecule has 0 unspecified atom stereocenters. The number of hydrogen-bond acceptors (Lipinski definition) is 5. The number of carbonyl (C=O) groups excluding carboxylic acids is 1. The Morgan fingerprint density at radius 1 is 1.41 bits per heavy atom. The largest absolute Gasteiger partial charge is 0.465 e. The molecule has 17 heavy (non-hydrogen) atoms. The van der Waals surface area contributed by atoms with Crippen LogP contribution < -0.4 is 10.0 Å². The van der Waals surface area contributed by atoms with Crippen molar-refractivity contribution >= 4 is 27.4 Å². The predicted molar refractivity (Wildman–Crippen MR) is 65.4 cm³/mol. The molecule has 0 fully saturated rings. The number of methoxy groups -OCH3 is 1. The van der Waals surface area contributed by atoms with E-state index in [-0.39, 0.29) is 11.3 Å². The standard InChI is InChI=1S/C10H14N2O4S/c1-12(17(3,14)15)9-5-4-7(11)6-8(9)10(13)16-2/h4-6H,11H2,1-3H3. The van der Waals surface area contributed by atoms with Crippen molar-refractivity contribution in [2.45, 2.75) is 0 Å². The van der Waals surface area contributed by atoms with E-state index < -0.39 is 16.0 Å². The van der Waals surface area contributed by atoms with E-state index in [2.05, 4.69) is 4.74 Å². The molecule has 0 radical (unpaired) electrons. The first-order valence-corrected chi connectivity index (χ1v) is 6.54. The molecule has 0 heterocycles. The Balaban J connectivity index is 3.38. The van der Waals surface area contributed by atoms with Crippen molar-refractivity contribution in [3.05, 3.63) is 23.8 Å². The van der Waals surface area contributed by atoms with Crippen LogP contribution in [0, 0.1) is 0 Å². The first-order chi connectivity index (χ1) is 7.77. The third kappa shape index (κ3) is 2.88. The van der Waals surface area contributed by atoms with Crippen LogP contribution in [0.15, 0.2) is 18.2 Å². The highest BCUT2D eigenvalue weighted by atomic mass is 32.2. The Bertz CT molecular complexity index is 539. The highest BCUT2D eigenvalue weighted by Gasteiger charge is 2.20. The summed E-state index contributed by atoms with van der Waals surface area (Å²) in [5.41, 5.74) is 6.25. The summed E-state index contributed by atoms with van der Waals surface area (Å²) in [4.78, 5) is 11.5. The van der Waals surface area contributed by atoms with Crippen molar-refractivity contribution < 1.29 is 17.9 Å². The van der Waals surface area contributed by atoms with Gasteiger partial charge in [0, 0.05) is 12.7 Å². The van der Waals surface area contributed by atoms with Crippen LogP contribution in [0.4, 0.5) is 11.4 Å². The van der Waals surface area contributed by atoms with Crippen LogP contribution in [-0.4, -0.2) is 34.8 Å². The molecule has 94 valence electrons. The number of carbonyl (C=O) groups is 1. The molecule has 1 aromatic rings. The average Bonchev–Trinajstić information content (AvgIpc) is 2.25. The maximum absolute atomic E-state index is 11.5. The van der Waals surface area contributed by atoms with E-state index >= 15 is 0 Å². The highest BCUT2D eigenvalue weighted by molar-refractivity contribution is 7.92. The van der Waals surface area contributed by atoms with Gasteiger partial charge in [-0.05, 0) is 18.2 Å². The molecule has 6 nitrogen and oxygen atoms in total. The number of rotatable bonds is 3. The Hall–Kier alpha value is -1.76. The molecule has 0 spiro atoms. The van der Waals surface area contributed by atoms with E-state index in [1.54, 1.807) is 0 Å². The number of ether oxygens (including phenoxy) is 1. The number of nitrogens with zero attached hydrogens (tertiary/aromatic N) is 1. The fourth-order valence-corrected chi connectivity index (χ4v) is 1.80. The molecule has 1 aromatic carbocycles. The lowest BCUT2D eigenvalue weighted by Gasteiger charge is -2.19. The monoisotopic (exact) mass is 258 g/mol. The molecule has 0 saturated carbocycles. The molecular formula is C10H14N2O4S. The summed E-state index contributed by atoms with van der Waals surface area (Å²) in [6, 6.07) is 4.36. The SMILES string of the molecule is COC(=O)c1cc(N)ccc1N(C)S(C)(=O)=O. The van der Waals surface area contributed by atoms with Crippen LogP contribution in [0.2, 0.25) is 0 Å². The van der Waals surface area contributed by atoms with Crippen LogP contribution in [0.1, 0.15) is 10.4 Å². The number of sulfonamides is 1. The van der Waals surface area contributed by atoms with E-state index in [9.17, 15) is 13.2 Å². The van der Waals surface area contributed by atoms with Gasteiger partial charge in [-0.1, -0.05) is 0 Å². The summed E-state index contributed by atoms with van der Waals surface area (Å²) in [5, 5.41) is 0. The van der Waals surface area contributed by atoms with Gasteiger partial charge in [0.15, 0.2) is 0 Å². The number of hydrogen-bond donors (Lipinski definition) is 1. The summed E-state index contributed by atoms with van der Waals surface area (Å²) >= 11 is 0. The van der Waals surface area contributed by atoms with Crippen molar-refractivity contribution in [3.8, 4) is 0 Å². The molecule has 0 aliphatic heterocycles. The zero-order valence-electron chi connectivity index (χ0n) is 9.80. The molecular weight excluding hydrogens is 244 g/mol. The minimum absolute atomic E-state index is 0.112. The Morgan fingerprint density at radius 2 is 2.00 bits per heavy atom. The van der Waals surface area contributed by atoms with E-state index in [1.807, 2.05) is 0 Å². The Labute approximate surface area is 100 Å². The molecule has 0 atom stereocenters. The summed E-state index contributed by atoms with van der Waals surface area (Å²) in [5.74, 6) is -0.636. The van der Waals surface area contributed by atoms with Crippen LogP contribution in [0.3, 0.4) is 0 Å². The maximum atomic E-state index is 11.5. The van der Waals surface area contributed by atoms with Gasteiger partial charge in [0.2, 0.25) is 10.0 Å². The minimum atomic E-state index is -3.45. The lowest BCUT2D eigenvalue weighted by Crippen LogP contribution is -2.27. The first-order valence-electron chi connectivity index (χ1n) is 4.69. The van der Waals surface area contributed by atoms with E-state index in [4.69, 9.17) is 5.73 Å². The second-order valence-corrected chi connectivity index (χ2v) is 5.51. The van der Waals surface area contributed by atoms with Gasteiger partial charge < -0.3 is 10.5 Å². The van der Waals surface area contributed by atoms with Crippen molar-refractivity contribution in [2.24, 2.45) is 0 Å². The van der Waals surface area contributed by atoms with Gasteiger partial charge in [-0.15, -0.1) is 0 Å². The van der Waals surface area contributed by atoms with Gasteiger partial charge >= 0.3 is 5.97 Å². The molecule has 0 aromatic heterocycles. The highest BCUT2D eigenvalue weighted by Crippen LogP contribution is 2.24. The predicted octanol–water partition coefficient (Wildman–Crippen LogP) is 0.451. The number of esters is 1. The van der Waals surface area contributed by atoms with Crippen LogP contribution in [0.25, 0.3) is 0 Å². The zero-order chi connectivity index (χ0) is 13.2. The van der Waals surface area contributed by atoms with Gasteiger partial charge in [0.25, 0.3) is 0 Å². The van der Waals surface area contributed by atoms with Gasteiger partial charge in [0.05, 0.1) is 24.6 Å². The van der Waals surface area contributed by atoms with E-state index in [0.717, 1.165) is 10.6 Å². The normalized spacial score (nSPS) is 11.0. The fraction of sp³-hybridized carbons (Fsp3) is 0.300. The second-order valence-electron chi connectivity index (χ2n) is 3.50. The molecule has 1 rings (SSSR count). The number of benzene rings is 1. The van der Waals surface area contributed by atoms with Crippen molar-refractivity contribution in [2.75, 3.05) is 30.5 Å². The summed E-state index contributed by atoms with van der Waals surface area (Å²) in [6.45, 7) is 0. The molecule has 7 heteroatoms. The van der Waals surface area contributed by atoms with Crippen LogP contribution in [0.5, 0.6) is 0 Å². The molecule has 0 bridgehead atoms. The van der Waals surface area contributed by atoms with E-state index in [0.29, 0.717) is 5.69 Å². The lowest BCUT2D eigenvalue weighted by atomic mass is 10.1. The smallest absolute Gasteiger partial charge is 0.340 e. The number of nitrogen functional groups attached to an aromatic ring is 1. The number of nitrogens with two attached hydrogens (primary N) is 1. The van der Waals surface area contributed by atoms with Gasteiger partial charge in [-0.3, -0.25) is 4.31 Å². The summed E-state index contributed by atoms with van der Waals surface area (Å²) < 4.78 is 28.4. The third-order valence-electron chi connectivity index (χ3n) is 2.26. The maximum Gasteiger partial charge on any atom is 0.340 e. The molecule has 0 saturated heterocycles. The van der Waals surface area contributed by atoms with Crippen molar-refractivity contribution in [3.63, 3.8) is 0 Å². The quantitative estimate of drug-likeness (QED) is 0.628. The molecule has 2 N–H and O–H groups in total. The Kier molecular flexibility index (Phi) is 3.62. The van der Waals surface area contributed by atoms with Gasteiger partial charge in [-0.25, -0.2) is 13.2 Å². The summed E-state index contributed by atoms with van der Waals surface area (Å²) in [6.07, 6.45) is 1.05. The van der Waals surface area contributed by atoms with Gasteiger partial charge in [0.1, 0.15) is 0 Å².